The zero-order chi connectivity index (χ0) is 12.1. The maximum absolute atomic E-state index is 12.1. The van der Waals surface area contributed by atoms with E-state index in [1.165, 1.54) is 11.3 Å². The molecule has 0 aromatic carbocycles. The van der Waals surface area contributed by atoms with Crippen LogP contribution in [0.1, 0.15) is 23.0 Å². The van der Waals surface area contributed by atoms with Gasteiger partial charge in [0.2, 0.25) is 0 Å². The SMILES string of the molecule is CCCN(CCO)C(=O)c1cc(Br)c(Br)s1. The summed E-state index contributed by atoms with van der Waals surface area (Å²) in [6.45, 7) is 3.07. The highest BCUT2D eigenvalue weighted by Crippen LogP contribution is 2.32. The molecule has 3 nitrogen and oxygen atoms in total. The van der Waals surface area contributed by atoms with Crippen LogP contribution in [0.15, 0.2) is 14.3 Å². The summed E-state index contributed by atoms with van der Waals surface area (Å²) in [5, 5.41) is 8.91. The highest BCUT2D eigenvalue weighted by atomic mass is 79.9. The molecule has 0 atom stereocenters. The lowest BCUT2D eigenvalue weighted by atomic mass is 10.3. The number of carbonyl (C=O) groups is 1. The van der Waals surface area contributed by atoms with Crippen molar-refractivity contribution in [2.45, 2.75) is 13.3 Å². The molecule has 1 amide bonds. The Hall–Kier alpha value is 0.0900. The number of amides is 1. The number of aliphatic hydroxyl groups excluding tert-OH is 1. The van der Waals surface area contributed by atoms with Gasteiger partial charge in [-0.2, -0.15) is 0 Å². The molecule has 1 aromatic rings. The van der Waals surface area contributed by atoms with Gasteiger partial charge in [0, 0.05) is 17.6 Å². The Morgan fingerprint density at radius 2 is 2.19 bits per heavy atom. The number of hydrogen-bond donors (Lipinski definition) is 1. The number of aliphatic hydroxyl groups is 1. The zero-order valence-electron chi connectivity index (χ0n) is 8.87. The van der Waals surface area contributed by atoms with Crippen LogP contribution in [0.4, 0.5) is 0 Å². The Bertz CT molecular complexity index is 342. The molecule has 0 aliphatic rings. The Morgan fingerprint density at radius 3 is 2.62 bits per heavy atom. The highest BCUT2D eigenvalue weighted by Gasteiger charge is 2.17. The van der Waals surface area contributed by atoms with E-state index in [9.17, 15) is 4.79 Å². The van der Waals surface area contributed by atoms with Gasteiger partial charge in [-0.3, -0.25) is 4.79 Å². The number of rotatable bonds is 5. The summed E-state index contributed by atoms with van der Waals surface area (Å²) >= 11 is 8.12. The predicted octanol–water partition coefficient (Wildman–Crippen LogP) is 3.12. The number of halogens is 2. The summed E-state index contributed by atoms with van der Waals surface area (Å²) < 4.78 is 1.80. The van der Waals surface area contributed by atoms with Crippen LogP contribution < -0.4 is 0 Å². The third-order valence-corrected chi connectivity index (χ3v) is 5.25. The Labute approximate surface area is 116 Å². The molecule has 0 fully saturated rings. The fourth-order valence-electron chi connectivity index (χ4n) is 1.31. The van der Waals surface area contributed by atoms with Crippen molar-refractivity contribution in [1.82, 2.24) is 4.90 Å². The maximum Gasteiger partial charge on any atom is 0.264 e. The lowest BCUT2D eigenvalue weighted by Crippen LogP contribution is -2.33. The van der Waals surface area contributed by atoms with E-state index in [4.69, 9.17) is 5.11 Å². The third-order valence-electron chi connectivity index (χ3n) is 2.01. The second-order valence-electron chi connectivity index (χ2n) is 3.25. The van der Waals surface area contributed by atoms with E-state index in [0.29, 0.717) is 18.0 Å². The monoisotopic (exact) mass is 369 g/mol. The normalized spacial score (nSPS) is 10.5. The molecule has 1 N–H and O–H groups in total. The predicted molar refractivity (Wildman–Crippen MR) is 73.0 cm³/mol. The van der Waals surface area contributed by atoms with Crippen molar-refractivity contribution in [1.29, 1.82) is 0 Å². The van der Waals surface area contributed by atoms with Crippen LogP contribution >= 0.6 is 43.2 Å². The van der Waals surface area contributed by atoms with Gasteiger partial charge < -0.3 is 10.0 Å². The summed E-state index contributed by atoms with van der Waals surface area (Å²) in [6.07, 6.45) is 0.888. The summed E-state index contributed by atoms with van der Waals surface area (Å²) in [7, 11) is 0. The molecule has 0 bridgehead atoms. The van der Waals surface area contributed by atoms with Crippen molar-refractivity contribution in [3.63, 3.8) is 0 Å². The summed E-state index contributed by atoms with van der Waals surface area (Å²) in [5.41, 5.74) is 0. The molecule has 0 unspecified atom stereocenters. The first-order chi connectivity index (χ1) is 7.60. The van der Waals surface area contributed by atoms with E-state index >= 15 is 0 Å². The second kappa shape index (κ2) is 6.74. The minimum absolute atomic E-state index is 0.000541. The molecule has 1 aromatic heterocycles. The minimum atomic E-state index is -0.0210. The number of nitrogens with zero attached hydrogens (tertiary/aromatic N) is 1. The van der Waals surface area contributed by atoms with Crippen LogP contribution in [-0.4, -0.2) is 35.6 Å². The highest BCUT2D eigenvalue weighted by molar-refractivity contribution is 9.13. The largest absolute Gasteiger partial charge is 0.395 e. The Kier molecular flexibility index (Phi) is 5.96. The van der Waals surface area contributed by atoms with Crippen molar-refractivity contribution in [2.75, 3.05) is 19.7 Å². The van der Waals surface area contributed by atoms with E-state index in [-0.39, 0.29) is 12.5 Å². The topological polar surface area (TPSA) is 40.5 Å². The van der Waals surface area contributed by atoms with Gasteiger partial charge in [0.1, 0.15) is 0 Å². The van der Waals surface area contributed by atoms with Gasteiger partial charge in [0.25, 0.3) is 5.91 Å². The van der Waals surface area contributed by atoms with Crippen LogP contribution in [0.25, 0.3) is 0 Å². The van der Waals surface area contributed by atoms with Crippen LogP contribution in [-0.2, 0) is 0 Å². The summed E-state index contributed by atoms with van der Waals surface area (Å²) in [4.78, 5) is 14.4. The van der Waals surface area contributed by atoms with Gasteiger partial charge in [0.15, 0.2) is 0 Å². The van der Waals surface area contributed by atoms with E-state index in [0.717, 1.165) is 14.7 Å². The Balaban J connectivity index is 2.81. The maximum atomic E-state index is 12.1. The van der Waals surface area contributed by atoms with Crippen molar-refractivity contribution in [3.8, 4) is 0 Å². The number of hydrogen-bond acceptors (Lipinski definition) is 3. The molecule has 0 spiro atoms. The average Bonchev–Trinajstić information content (AvgIpc) is 2.58. The number of thiophene rings is 1. The first kappa shape index (κ1) is 14.2. The van der Waals surface area contributed by atoms with Crippen LogP contribution in [0, 0.1) is 0 Å². The molecule has 0 aliphatic carbocycles. The molecular weight excluding hydrogens is 358 g/mol. The molecule has 1 heterocycles. The molecule has 0 aliphatic heterocycles. The van der Waals surface area contributed by atoms with Gasteiger partial charge in [-0.05, 0) is 44.3 Å². The van der Waals surface area contributed by atoms with Gasteiger partial charge in [-0.1, -0.05) is 6.92 Å². The van der Waals surface area contributed by atoms with E-state index in [2.05, 4.69) is 31.9 Å². The first-order valence-corrected chi connectivity index (χ1v) is 7.35. The summed E-state index contributed by atoms with van der Waals surface area (Å²) in [5.74, 6) is -0.0210. The molecular formula is C10H13Br2NO2S. The fourth-order valence-corrected chi connectivity index (χ4v) is 3.32. The lowest BCUT2D eigenvalue weighted by Gasteiger charge is -2.19. The van der Waals surface area contributed by atoms with E-state index < -0.39 is 0 Å². The third kappa shape index (κ3) is 3.55. The smallest absolute Gasteiger partial charge is 0.264 e. The van der Waals surface area contributed by atoms with Crippen LogP contribution in [0.2, 0.25) is 0 Å². The van der Waals surface area contributed by atoms with Gasteiger partial charge >= 0.3 is 0 Å². The molecule has 0 saturated carbocycles. The van der Waals surface area contributed by atoms with Crippen LogP contribution in [0.5, 0.6) is 0 Å². The molecule has 0 radical (unpaired) electrons. The van der Waals surface area contributed by atoms with Gasteiger partial charge in [-0.25, -0.2) is 0 Å². The first-order valence-electron chi connectivity index (χ1n) is 4.95. The molecule has 16 heavy (non-hydrogen) atoms. The lowest BCUT2D eigenvalue weighted by molar-refractivity contribution is 0.0727. The van der Waals surface area contributed by atoms with Crippen molar-refractivity contribution < 1.29 is 9.90 Å². The zero-order valence-corrected chi connectivity index (χ0v) is 12.9. The van der Waals surface area contributed by atoms with Crippen molar-refractivity contribution in [2.24, 2.45) is 0 Å². The van der Waals surface area contributed by atoms with E-state index in [1.54, 1.807) is 11.0 Å². The standard InChI is InChI=1S/C10H13Br2NO2S/c1-2-3-13(4-5-14)10(15)8-6-7(11)9(12)16-8/h6,14H,2-5H2,1H3. The van der Waals surface area contributed by atoms with Gasteiger partial charge in [0.05, 0.1) is 15.3 Å². The van der Waals surface area contributed by atoms with Crippen LogP contribution in [0.3, 0.4) is 0 Å². The second-order valence-corrected chi connectivity index (χ2v) is 6.47. The molecule has 6 heteroatoms. The fraction of sp³-hybridized carbons (Fsp3) is 0.500. The average molecular weight is 371 g/mol. The van der Waals surface area contributed by atoms with Crippen molar-refractivity contribution >= 4 is 49.1 Å². The molecule has 1 rings (SSSR count). The van der Waals surface area contributed by atoms with Crippen molar-refractivity contribution in [3.05, 3.63) is 19.2 Å². The number of carbonyl (C=O) groups excluding carboxylic acids is 1. The minimum Gasteiger partial charge on any atom is -0.395 e. The summed E-state index contributed by atoms with van der Waals surface area (Å²) in [6, 6.07) is 1.80. The Morgan fingerprint density at radius 1 is 1.50 bits per heavy atom. The quantitative estimate of drug-likeness (QED) is 0.864. The van der Waals surface area contributed by atoms with Gasteiger partial charge in [-0.15, -0.1) is 11.3 Å². The molecule has 0 saturated heterocycles. The van der Waals surface area contributed by atoms with E-state index in [1.807, 2.05) is 6.92 Å². The molecule has 90 valence electrons.